The average Bonchev–Trinajstić information content (AvgIpc) is 3.38. The summed E-state index contributed by atoms with van der Waals surface area (Å²) >= 11 is 0. The van der Waals surface area contributed by atoms with Crippen molar-refractivity contribution in [2.75, 3.05) is 40.0 Å². The minimum Gasteiger partial charge on any atom is -0.494 e. The van der Waals surface area contributed by atoms with Crippen molar-refractivity contribution < 1.29 is 18.9 Å². The van der Waals surface area contributed by atoms with Crippen molar-refractivity contribution >= 4 is 5.96 Å². The van der Waals surface area contributed by atoms with Crippen molar-refractivity contribution in [2.24, 2.45) is 4.99 Å². The number of morpholine rings is 1. The molecular formula is C22H33N3O4. The fourth-order valence-corrected chi connectivity index (χ4v) is 4.40. The van der Waals surface area contributed by atoms with Crippen molar-refractivity contribution in [2.45, 2.75) is 58.0 Å². The van der Waals surface area contributed by atoms with Gasteiger partial charge in [0.1, 0.15) is 23.7 Å². The molecule has 0 spiro atoms. The van der Waals surface area contributed by atoms with Crippen LogP contribution < -0.4 is 14.8 Å². The number of rotatable bonds is 5. The molecule has 3 atom stereocenters. The second kappa shape index (κ2) is 9.22. The SMILES string of the molecule is CCOc1cc2c(cc1CNC(=NC)N1CCOC(C3CCCO3)C1)OC(C)C2. The zero-order valence-electron chi connectivity index (χ0n) is 17.8. The lowest BCUT2D eigenvalue weighted by Crippen LogP contribution is -2.53. The Hall–Kier alpha value is -1.99. The Morgan fingerprint density at radius 3 is 2.90 bits per heavy atom. The molecule has 4 rings (SSSR count). The number of benzene rings is 1. The van der Waals surface area contributed by atoms with Gasteiger partial charge >= 0.3 is 0 Å². The second-order valence-electron chi connectivity index (χ2n) is 7.94. The van der Waals surface area contributed by atoms with E-state index in [1.807, 2.05) is 14.0 Å². The van der Waals surface area contributed by atoms with Gasteiger partial charge in [-0.15, -0.1) is 0 Å². The molecule has 3 aliphatic heterocycles. The molecule has 0 saturated carbocycles. The predicted octanol–water partition coefficient (Wildman–Crippen LogP) is 2.36. The molecule has 0 aromatic heterocycles. The first-order chi connectivity index (χ1) is 14.2. The number of nitrogens with one attached hydrogen (secondary N) is 1. The van der Waals surface area contributed by atoms with E-state index in [0.717, 1.165) is 62.0 Å². The molecule has 3 heterocycles. The molecule has 0 aliphatic carbocycles. The van der Waals surface area contributed by atoms with Crippen LogP contribution in [0.4, 0.5) is 0 Å². The number of ether oxygens (including phenoxy) is 4. The van der Waals surface area contributed by atoms with Crippen LogP contribution in [-0.4, -0.2) is 69.1 Å². The maximum absolute atomic E-state index is 5.98. The Morgan fingerprint density at radius 1 is 1.28 bits per heavy atom. The van der Waals surface area contributed by atoms with Crippen LogP contribution in [0.2, 0.25) is 0 Å². The monoisotopic (exact) mass is 403 g/mol. The first kappa shape index (κ1) is 20.3. The molecule has 1 N–H and O–H groups in total. The highest BCUT2D eigenvalue weighted by Gasteiger charge is 2.32. The lowest BCUT2D eigenvalue weighted by atomic mass is 10.1. The van der Waals surface area contributed by atoms with E-state index in [1.165, 1.54) is 5.56 Å². The lowest BCUT2D eigenvalue weighted by molar-refractivity contribution is -0.0817. The van der Waals surface area contributed by atoms with Crippen molar-refractivity contribution in [1.82, 2.24) is 10.2 Å². The van der Waals surface area contributed by atoms with Crippen LogP contribution >= 0.6 is 0 Å². The Labute approximate surface area is 173 Å². The van der Waals surface area contributed by atoms with Crippen molar-refractivity contribution in [3.63, 3.8) is 0 Å². The summed E-state index contributed by atoms with van der Waals surface area (Å²) in [7, 11) is 1.83. The van der Waals surface area contributed by atoms with Crippen LogP contribution in [-0.2, 0) is 22.4 Å². The van der Waals surface area contributed by atoms with Crippen molar-refractivity contribution in [3.8, 4) is 11.5 Å². The summed E-state index contributed by atoms with van der Waals surface area (Å²) in [6.07, 6.45) is 3.67. The van der Waals surface area contributed by atoms with E-state index >= 15 is 0 Å². The van der Waals surface area contributed by atoms with E-state index in [2.05, 4.69) is 34.3 Å². The maximum Gasteiger partial charge on any atom is 0.194 e. The summed E-state index contributed by atoms with van der Waals surface area (Å²) < 4.78 is 23.7. The van der Waals surface area contributed by atoms with Gasteiger partial charge in [0.05, 0.1) is 19.3 Å². The number of guanidine groups is 1. The third-order valence-electron chi connectivity index (χ3n) is 5.80. The van der Waals surface area contributed by atoms with E-state index in [9.17, 15) is 0 Å². The number of fused-ring (bicyclic) bond motifs is 1. The van der Waals surface area contributed by atoms with Gasteiger partial charge in [0.2, 0.25) is 0 Å². The molecule has 1 aromatic rings. The van der Waals surface area contributed by atoms with E-state index in [1.54, 1.807) is 0 Å². The summed E-state index contributed by atoms with van der Waals surface area (Å²) in [6.45, 7) is 8.55. The van der Waals surface area contributed by atoms with Crippen molar-refractivity contribution in [3.05, 3.63) is 23.3 Å². The van der Waals surface area contributed by atoms with Crippen LogP contribution in [0.5, 0.6) is 11.5 Å². The molecular weight excluding hydrogens is 370 g/mol. The number of hydrogen-bond donors (Lipinski definition) is 1. The molecule has 0 bridgehead atoms. The lowest BCUT2D eigenvalue weighted by Gasteiger charge is -2.37. The third kappa shape index (κ3) is 4.61. The van der Waals surface area contributed by atoms with Gasteiger partial charge in [0.25, 0.3) is 0 Å². The summed E-state index contributed by atoms with van der Waals surface area (Å²) in [6, 6.07) is 4.24. The summed E-state index contributed by atoms with van der Waals surface area (Å²) in [5.41, 5.74) is 2.31. The predicted molar refractivity (Wildman–Crippen MR) is 112 cm³/mol. The van der Waals surface area contributed by atoms with Gasteiger partial charge in [0, 0.05) is 50.8 Å². The second-order valence-corrected chi connectivity index (χ2v) is 7.94. The molecule has 2 fully saturated rings. The Kier molecular flexibility index (Phi) is 6.45. The third-order valence-corrected chi connectivity index (χ3v) is 5.80. The fourth-order valence-electron chi connectivity index (χ4n) is 4.40. The molecule has 160 valence electrons. The molecule has 2 saturated heterocycles. The summed E-state index contributed by atoms with van der Waals surface area (Å²) in [4.78, 5) is 6.78. The number of nitrogens with zero attached hydrogens (tertiary/aromatic N) is 2. The Balaban J connectivity index is 1.42. The number of hydrogen-bond acceptors (Lipinski definition) is 5. The topological polar surface area (TPSA) is 64.6 Å². The quantitative estimate of drug-likeness (QED) is 0.602. The van der Waals surface area contributed by atoms with Gasteiger partial charge < -0.3 is 29.2 Å². The zero-order valence-corrected chi connectivity index (χ0v) is 17.8. The maximum atomic E-state index is 5.98. The minimum absolute atomic E-state index is 0.110. The number of aliphatic imine (C=N–C) groups is 1. The largest absolute Gasteiger partial charge is 0.494 e. The summed E-state index contributed by atoms with van der Waals surface area (Å²) in [5.74, 6) is 2.78. The zero-order chi connectivity index (χ0) is 20.2. The smallest absolute Gasteiger partial charge is 0.194 e. The van der Waals surface area contributed by atoms with Crippen LogP contribution in [0.15, 0.2) is 17.1 Å². The van der Waals surface area contributed by atoms with Gasteiger partial charge in [-0.05, 0) is 38.8 Å². The Bertz CT molecular complexity index is 733. The van der Waals surface area contributed by atoms with E-state index < -0.39 is 0 Å². The highest BCUT2D eigenvalue weighted by Crippen LogP contribution is 2.35. The molecule has 3 aliphatic rings. The minimum atomic E-state index is 0.110. The first-order valence-electron chi connectivity index (χ1n) is 10.8. The average molecular weight is 404 g/mol. The molecule has 7 nitrogen and oxygen atoms in total. The van der Waals surface area contributed by atoms with Gasteiger partial charge in [-0.25, -0.2) is 0 Å². The van der Waals surface area contributed by atoms with Crippen LogP contribution in [0.1, 0.15) is 37.8 Å². The van der Waals surface area contributed by atoms with Crippen LogP contribution in [0, 0.1) is 0 Å². The molecule has 29 heavy (non-hydrogen) atoms. The normalized spacial score (nSPS) is 26.9. The highest BCUT2D eigenvalue weighted by atomic mass is 16.5. The standard InChI is InChI=1S/C22H33N3O4/c1-4-26-19-11-16-10-15(2)29-20(16)12-17(19)13-24-22(23-3)25-7-9-28-21(14-25)18-6-5-8-27-18/h11-12,15,18,21H,4-10,13-14H2,1-3H3,(H,23,24). The van der Waals surface area contributed by atoms with Crippen LogP contribution in [0.25, 0.3) is 0 Å². The molecule has 0 amide bonds. The van der Waals surface area contributed by atoms with E-state index in [-0.39, 0.29) is 18.3 Å². The summed E-state index contributed by atoms with van der Waals surface area (Å²) in [5, 5.41) is 3.51. The molecule has 1 aromatic carbocycles. The molecule has 7 heteroatoms. The molecule has 0 radical (unpaired) electrons. The van der Waals surface area contributed by atoms with Gasteiger partial charge in [-0.3, -0.25) is 4.99 Å². The van der Waals surface area contributed by atoms with Gasteiger partial charge in [-0.2, -0.15) is 0 Å². The van der Waals surface area contributed by atoms with Gasteiger partial charge in [-0.1, -0.05) is 0 Å². The highest BCUT2D eigenvalue weighted by molar-refractivity contribution is 5.80. The van der Waals surface area contributed by atoms with Gasteiger partial charge in [0.15, 0.2) is 5.96 Å². The van der Waals surface area contributed by atoms with E-state index in [0.29, 0.717) is 19.8 Å². The first-order valence-corrected chi connectivity index (χ1v) is 10.8. The van der Waals surface area contributed by atoms with Crippen LogP contribution in [0.3, 0.4) is 0 Å². The fraction of sp³-hybridized carbons (Fsp3) is 0.682. The van der Waals surface area contributed by atoms with E-state index in [4.69, 9.17) is 18.9 Å². The Morgan fingerprint density at radius 2 is 2.14 bits per heavy atom. The molecule has 3 unspecified atom stereocenters. The van der Waals surface area contributed by atoms with Crippen molar-refractivity contribution in [1.29, 1.82) is 0 Å².